The summed E-state index contributed by atoms with van der Waals surface area (Å²) in [7, 11) is 0. The number of unbranched alkanes of at least 4 members (excludes halogenated alkanes) is 3. The standard InChI is InChI=1S/C16H28N2O/c1-14(2)12-17-10-6-4-5-7-11-19-16-9-8-15(3)18-13-16/h8-9,13-14,17H,4-7,10-12H2,1-3H3. The van der Waals surface area contributed by atoms with E-state index in [1.807, 2.05) is 19.1 Å². The number of hydrogen-bond donors (Lipinski definition) is 1. The van der Waals surface area contributed by atoms with Crippen LogP contribution in [-0.2, 0) is 0 Å². The van der Waals surface area contributed by atoms with Gasteiger partial charge in [0.1, 0.15) is 5.75 Å². The zero-order valence-corrected chi connectivity index (χ0v) is 12.6. The molecule has 0 saturated carbocycles. The van der Waals surface area contributed by atoms with Crippen molar-refractivity contribution in [2.45, 2.75) is 46.5 Å². The molecule has 1 aromatic heterocycles. The number of pyridine rings is 1. The van der Waals surface area contributed by atoms with Crippen LogP contribution in [0.4, 0.5) is 0 Å². The number of aryl methyl sites for hydroxylation is 1. The van der Waals surface area contributed by atoms with Gasteiger partial charge in [-0.05, 0) is 50.9 Å². The zero-order valence-electron chi connectivity index (χ0n) is 12.6. The first-order valence-corrected chi connectivity index (χ1v) is 7.44. The molecular formula is C16H28N2O. The summed E-state index contributed by atoms with van der Waals surface area (Å²) in [5.74, 6) is 1.63. The predicted molar refractivity (Wildman–Crippen MR) is 80.6 cm³/mol. The minimum atomic E-state index is 0.747. The van der Waals surface area contributed by atoms with E-state index >= 15 is 0 Å². The number of aromatic nitrogens is 1. The Balaban J connectivity index is 1.90. The van der Waals surface area contributed by atoms with Crippen molar-refractivity contribution < 1.29 is 4.74 Å². The van der Waals surface area contributed by atoms with Gasteiger partial charge < -0.3 is 10.1 Å². The molecule has 0 radical (unpaired) electrons. The lowest BCUT2D eigenvalue weighted by Crippen LogP contribution is -2.20. The van der Waals surface area contributed by atoms with Crippen LogP contribution in [-0.4, -0.2) is 24.7 Å². The van der Waals surface area contributed by atoms with E-state index in [2.05, 4.69) is 24.1 Å². The van der Waals surface area contributed by atoms with Crippen molar-refractivity contribution in [3.8, 4) is 5.75 Å². The fourth-order valence-electron chi connectivity index (χ4n) is 1.83. The third-order valence-electron chi connectivity index (χ3n) is 2.95. The van der Waals surface area contributed by atoms with Gasteiger partial charge in [-0.15, -0.1) is 0 Å². The molecule has 0 aromatic carbocycles. The van der Waals surface area contributed by atoms with Crippen LogP contribution in [0.3, 0.4) is 0 Å². The topological polar surface area (TPSA) is 34.1 Å². The maximum Gasteiger partial charge on any atom is 0.137 e. The zero-order chi connectivity index (χ0) is 13.9. The molecule has 1 heterocycles. The number of rotatable bonds is 10. The molecule has 1 rings (SSSR count). The summed E-state index contributed by atoms with van der Waals surface area (Å²) in [5, 5.41) is 3.47. The highest BCUT2D eigenvalue weighted by molar-refractivity contribution is 5.18. The molecule has 108 valence electrons. The summed E-state index contributed by atoms with van der Waals surface area (Å²) in [6.07, 6.45) is 6.70. The van der Waals surface area contributed by atoms with E-state index in [0.717, 1.165) is 43.5 Å². The van der Waals surface area contributed by atoms with Gasteiger partial charge >= 0.3 is 0 Å². The van der Waals surface area contributed by atoms with Crippen molar-refractivity contribution in [3.05, 3.63) is 24.0 Å². The number of ether oxygens (including phenoxy) is 1. The highest BCUT2D eigenvalue weighted by atomic mass is 16.5. The quantitative estimate of drug-likeness (QED) is 0.656. The highest BCUT2D eigenvalue weighted by Crippen LogP contribution is 2.09. The van der Waals surface area contributed by atoms with Crippen LogP contribution in [0.5, 0.6) is 5.75 Å². The normalized spacial score (nSPS) is 10.9. The molecule has 0 bridgehead atoms. The van der Waals surface area contributed by atoms with E-state index in [9.17, 15) is 0 Å². The van der Waals surface area contributed by atoms with Gasteiger partial charge in [0.15, 0.2) is 0 Å². The van der Waals surface area contributed by atoms with Crippen LogP contribution in [0.15, 0.2) is 18.3 Å². The maximum absolute atomic E-state index is 5.64. The summed E-state index contributed by atoms with van der Waals surface area (Å²) >= 11 is 0. The minimum Gasteiger partial charge on any atom is -0.492 e. The SMILES string of the molecule is Cc1ccc(OCCCCCCNCC(C)C)cn1. The predicted octanol–water partition coefficient (Wildman–Crippen LogP) is 3.57. The monoisotopic (exact) mass is 264 g/mol. The molecule has 0 spiro atoms. The molecule has 0 amide bonds. The summed E-state index contributed by atoms with van der Waals surface area (Å²) in [4.78, 5) is 4.21. The van der Waals surface area contributed by atoms with Crippen molar-refractivity contribution in [2.24, 2.45) is 5.92 Å². The number of nitrogens with one attached hydrogen (secondary N) is 1. The Morgan fingerprint density at radius 1 is 1.16 bits per heavy atom. The first-order valence-electron chi connectivity index (χ1n) is 7.44. The molecule has 1 N–H and O–H groups in total. The lowest BCUT2D eigenvalue weighted by molar-refractivity contribution is 0.303. The average Bonchev–Trinajstić information content (AvgIpc) is 2.38. The van der Waals surface area contributed by atoms with Crippen LogP contribution < -0.4 is 10.1 Å². The lowest BCUT2D eigenvalue weighted by atomic mass is 10.2. The second kappa shape index (κ2) is 9.79. The molecule has 1 aromatic rings. The van der Waals surface area contributed by atoms with Crippen molar-refractivity contribution in [1.29, 1.82) is 0 Å². The average molecular weight is 264 g/mol. The second-order valence-corrected chi connectivity index (χ2v) is 5.50. The Kier molecular flexibility index (Phi) is 8.23. The van der Waals surface area contributed by atoms with Crippen LogP contribution >= 0.6 is 0 Å². The van der Waals surface area contributed by atoms with E-state index in [4.69, 9.17) is 4.74 Å². The van der Waals surface area contributed by atoms with Gasteiger partial charge in [-0.25, -0.2) is 0 Å². The second-order valence-electron chi connectivity index (χ2n) is 5.50. The smallest absolute Gasteiger partial charge is 0.137 e. The van der Waals surface area contributed by atoms with Crippen molar-refractivity contribution >= 4 is 0 Å². The Hall–Kier alpha value is -1.09. The van der Waals surface area contributed by atoms with Gasteiger partial charge in [0.2, 0.25) is 0 Å². The minimum absolute atomic E-state index is 0.747. The molecule has 0 fully saturated rings. The Labute approximate surface area is 117 Å². The first kappa shape index (κ1) is 16.0. The van der Waals surface area contributed by atoms with Crippen molar-refractivity contribution in [1.82, 2.24) is 10.3 Å². The van der Waals surface area contributed by atoms with Gasteiger partial charge in [0.25, 0.3) is 0 Å². The molecule has 0 aliphatic rings. The third kappa shape index (κ3) is 8.60. The van der Waals surface area contributed by atoms with Crippen LogP contribution in [0.25, 0.3) is 0 Å². The molecule has 0 atom stereocenters. The largest absolute Gasteiger partial charge is 0.492 e. The summed E-state index contributed by atoms with van der Waals surface area (Å²) in [6.45, 7) is 9.53. The van der Waals surface area contributed by atoms with E-state index in [-0.39, 0.29) is 0 Å². The van der Waals surface area contributed by atoms with E-state index in [0.29, 0.717) is 0 Å². The maximum atomic E-state index is 5.64. The van der Waals surface area contributed by atoms with Gasteiger partial charge in [0.05, 0.1) is 12.8 Å². The molecule has 0 unspecified atom stereocenters. The van der Waals surface area contributed by atoms with Crippen LogP contribution in [0.2, 0.25) is 0 Å². The van der Waals surface area contributed by atoms with Gasteiger partial charge in [-0.1, -0.05) is 26.7 Å². The Morgan fingerprint density at radius 3 is 2.63 bits per heavy atom. The molecule has 0 aliphatic heterocycles. The van der Waals surface area contributed by atoms with E-state index < -0.39 is 0 Å². The fraction of sp³-hybridized carbons (Fsp3) is 0.688. The summed E-state index contributed by atoms with van der Waals surface area (Å²) in [5.41, 5.74) is 1.03. The fourth-order valence-corrected chi connectivity index (χ4v) is 1.83. The molecule has 3 heteroatoms. The first-order chi connectivity index (χ1) is 9.18. The molecule has 0 saturated heterocycles. The third-order valence-corrected chi connectivity index (χ3v) is 2.95. The Morgan fingerprint density at radius 2 is 1.95 bits per heavy atom. The van der Waals surface area contributed by atoms with Crippen LogP contribution in [0, 0.1) is 12.8 Å². The molecule has 0 aliphatic carbocycles. The van der Waals surface area contributed by atoms with Crippen molar-refractivity contribution in [2.75, 3.05) is 19.7 Å². The summed E-state index contributed by atoms with van der Waals surface area (Å²) < 4.78 is 5.64. The molecule has 3 nitrogen and oxygen atoms in total. The highest BCUT2D eigenvalue weighted by Gasteiger charge is 1.95. The molecule has 19 heavy (non-hydrogen) atoms. The van der Waals surface area contributed by atoms with E-state index in [1.54, 1.807) is 6.20 Å². The Bertz CT molecular complexity index is 322. The van der Waals surface area contributed by atoms with Crippen LogP contribution in [0.1, 0.15) is 45.2 Å². The number of nitrogens with zero attached hydrogens (tertiary/aromatic N) is 1. The number of hydrogen-bond acceptors (Lipinski definition) is 3. The van der Waals surface area contributed by atoms with E-state index in [1.165, 1.54) is 19.3 Å². The summed E-state index contributed by atoms with van der Waals surface area (Å²) in [6, 6.07) is 3.97. The molecular weight excluding hydrogens is 236 g/mol. The van der Waals surface area contributed by atoms with Gasteiger partial charge in [-0.3, -0.25) is 4.98 Å². The van der Waals surface area contributed by atoms with Crippen molar-refractivity contribution in [3.63, 3.8) is 0 Å². The van der Waals surface area contributed by atoms with Gasteiger partial charge in [-0.2, -0.15) is 0 Å². The lowest BCUT2D eigenvalue weighted by Gasteiger charge is -2.07. The van der Waals surface area contributed by atoms with Gasteiger partial charge in [0, 0.05) is 5.69 Å².